The van der Waals surface area contributed by atoms with Gasteiger partial charge in [-0.25, -0.2) is 0 Å². The Morgan fingerprint density at radius 3 is 2.67 bits per heavy atom. The predicted octanol–water partition coefficient (Wildman–Crippen LogP) is 5.13. The first-order valence-electron chi connectivity index (χ1n) is 8.38. The van der Waals surface area contributed by atoms with E-state index in [1.54, 1.807) is 6.08 Å². The maximum absolute atomic E-state index is 12.1. The normalized spacial score (nSPS) is 10.8. The number of benzene rings is 2. The van der Waals surface area contributed by atoms with Crippen LogP contribution in [0.5, 0.6) is 5.75 Å². The summed E-state index contributed by atoms with van der Waals surface area (Å²) in [5, 5.41) is 2.89. The molecule has 0 saturated carbocycles. The van der Waals surface area contributed by atoms with Crippen LogP contribution in [0, 0.1) is 13.8 Å². The van der Waals surface area contributed by atoms with Gasteiger partial charge in [0, 0.05) is 17.3 Å². The molecule has 0 radical (unpaired) electrons. The topological polar surface area (TPSA) is 38.3 Å². The van der Waals surface area contributed by atoms with Crippen LogP contribution in [0.15, 0.2) is 48.5 Å². The van der Waals surface area contributed by atoms with Gasteiger partial charge < -0.3 is 10.1 Å². The number of amides is 1. The maximum Gasteiger partial charge on any atom is 0.248 e. The molecule has 0 aliphatic rings. The molecule has 1 N–H and O–H groups in total. The van der Waals surface area contributed by atoms with Crippen molar-refractivity contribution in [3.8, 4) is 5.75 Å². The standard InChI is InChI=1S/C21H25NO2/c1-4-5-14-24-20-9-7-6-8-18(20)11-13-21(23)22-19-12-10-16(2)17(3)15-19/h6-13,15H,4-5,14H2,1-3H3,(H,22,23)/b13-11+. The number of para-hydroxylation sites is 1. The molecule has 0 aliphatic heterocycles. The summed E-state index contributed by atoms with van der Waals surface area (Å²) in [7, 11) is 0. The Labute approximate surface area is 144 Å². The first kappa shape index (κ1) is 17.8. The first-order chi connectivity index (χ1) is 11.6. The van der Waals surface area contributed by atoms with Crippen molar-refractivity contribution < 1.29 is 9.53 Å². The highest BCUT2D eigenvalue weighted by Crippen LogP contribution is 2.20. The lowest BCUT2D eigenvalue weighted by molar-refractivity contribution is -0.111. The van der Waals surface area contributed by atoms with E-state index in [2.05, 4.69) is 19.2 Å². The summed E-state index contributed by atoms with van der Waals surface area (Å²) in [6.07, 6.45) is 5.44. The third-order valence-electron chi connectivity index (χ3n) is 3.86. The fraction of sp³-hybridized carbons (Fsp3) is 0.286. The number of hydrogen-bond acceptors (Lipinski definition) is 2. The molecule has 0 spiro atoms. The Morgan fingerprint density at radius 2 is 1.92 bits per heavy atom. The summed E-state index contributed by atoms with van der Waals surface area (Å²) < 4.78 is 5.77. The number of aryl methyl sites for hydroxylation is 2. The van der Waals surface area contributed by atoms with E-state index in [-0.39, 0.29) is 5.91 Å². The molecule has 1 amide bonds. The molecule has 0 heterocycles. The zero-order valence-electron chi connectivity index (χ0n) is 14.6. The minimum atomic E-state index is -0.151. The van der Waals surface area contributed by atoms with Crippen LogP contribution in [-0.4, -0.2) is 12.5 Å². The number of carbonyl (C=O) groups excluding carboxylic acids is 1. The third kappa shape index (κ3) is 5.27. The zero-order valence-corrected chi connectivity index (χ0v) is 14.6. The molecule has 0 atom stereocenters. The molecule has 3 nitrogen and oxygen atoms in total. The van der Waals surface area contributed by atoms with Gasteiger partial charge in [-0.05, 0) is 55.7 Å². The molecule has 2 rings (SSSR count). The molecule has 0 saturated heterocycles. The first-order valence-corrected chi connectivity index (χ1v) is 8.38. The van der Waals surface area contributed by atoms with Crippen molar-refractivity contribution in [1.29, 1.82) is 0 Å². The molecule has 2 aromatic rings. The molecule has 24 heavy (non-hydrogen) atoms. The molecule has 126 valence electrons. The van der Waals surface area contributed by atoms with Crippen LogP contribution < -0.4 is 10.1 Å². The summed E-state index contributed by atoms with van der Waals surface area (Å²) in [4.78, 5) is 12.1. The second kappa shape index (κ2) is 8.92. The van der Waals surface area contributed by atoms with Gasteiger partial charge in [0.25, 0.3) is 0 Å². The highest BCUT2D eigenvalue weighted by atomic mass is 16.5. The van der Waals surface area contributed by atoms with Crippen LogP contribution in [0.25, 0.3) is 6.08 Å². The average molecular weight is 323 g/mol. The summed E-state index contributed by atoms with van der Waals surface area (Å²) in [5.74, 6) is 0.655. The molecular formula is C21H25NO2. The number of unbranched alkanes of at least 4 members (excludes halogenated alkanes) is 1. The molecule has 3 heteroatoms. The van der Waals surface area contributed by atoms with Gasteiger partial charge in [-0.15, -0.1) is 0 Å². The van der Waals surface area contributed by atoms with Crippen molar-refractivity contribution >= 4 is 17.7 Å². The number of rotatable bonds is 7. The van der Waals surface area contributed by atoms with Crippen LogP contribution in [-0.2, 0) is 4.79 Å². The van der Waals surface area contributed by atoms with Gasteiger partial charge in [-0.3, -0.25) is 4.79 Å². The van der Waals surface area contributed by atoms with Gasteiger partial charge in [0.15, 0.2) is 0 Å². The average Bonchev–Trinajstić information content (AvgIpc) is 2.57. The number of anilines is 1. The SMILES string of the molecule is CCCCOc1ccccc1/C=C/C(=O)Nc1ccc(C)c(C)c1. The minimum Gasteiger partial charge on any atom is -0.493 e. The van der Waals surface area contributed by atoms with Crippen LogP contribution in [0.4, 0.5) is 5.69 Å². The van der Waals surface area contributed by atoms with Crippen molar-refractivity contribution in [2.75, 3.05) is 11.9 Å². The molecule has 0 aliphatic carbocycles. The van der Waals surface area contributed by atoms with Crippen LogP contribution in [0.3, 0.4) is 0 Å². The summed E-state index contributed by atoms with van der Waals surface area (Å²) in [6.45, 7) is 6.91. The Hall–Kier alpha value is -2.55. The molecule has 0 fully saturated rings. The van der Waals surface area contributed by atoms with E-state index in [1.807, 2.05) is 49.4 Å². The van der Waals surface area contributed by atoms with Crippen LogP contribution in [0.2, 0.25) is 0 Å². The highest BCUT2D eigenvalue weighted by molar-refractivity contribution is 6.02. The lowest BCUT2D eigenvalue weighted by atomic mass is 10.1. The molecular weight excluding hydrogens is 298 g/mol. The van der Waals surface area contributed by atoms with E-state index < -0.39 is 0 Å². The van der Waals surface area contributed by atoms with Crippen molar-refractivity contribution in [1.82, 2.24) is 0 Å². The Morgan fingerprint density at radius 1 is 1.12 bits per heavy atom. The molecule has 0 aromatic heterocycles. The summed E-state index contributed by atoms with van der Waals surface area (Å²) in [6, 6.07) is 13.6. The quantitative estimate of drug-likeness (QED) is 0.566. The van der Waals surface area contributed by atoms with Gasteiger partial charge >= 0.3 is 0 Å². The maximum atomic E-state index is 12.1. The Balaban J connectivity index is 2.01. The smallest absolute Gasteiger partial charge is 0.248 e. The zero-order chi connectivity index (χ0) is 17.4. The monoisotopic (exact) mass is 323 g/mol. The summed E-state index contributed by atoms with van der Waals surface area (Å²) >= 11 is 0. The molecule has 2 aromatic carbocycles. The highest BCUT2D eigenvalue weighted by Gasteiger charge is 2.02. The van der Waals surface area contributed by atoms with Crippen molar-refractivity contribution in [3.63, 3.8) is 0 Å². The fourth-order valence-electron chi connectivity index (χ4n) is 2.24. The van der Waals surface area contributed by atoms with Crippen molar-refractivity contribution in [2.24, 2.45) is 0 Å². The Bertz CT molecular complexity index is 720. The number of hydrogen-bond donors (Lipinski definition) is 1. The van der Waals surface area contributed by atoms with Crippen molar-refractivity contribution in [3.05, 3.63) is 65.2 Å². The van der Waals surface area contributed by atoms with Crippen molar-refractivity contribution in [2.45, 2.75) is 33.6 Å². The van der Waals surface area contributed by atoms with Crippen LogP contribution in [0.1, 0.15) is 36.5 Å². The Kier molecular flexibility index (Phi) is 6.62. The van der Waals surface area contributed by atoms with E-state index in [4.69, 9.17) is 4.74 Å². The van der Waals surface area contributed by atoms with E-state index in [0.29, 0.717) is 6.61 Å². The van der Waals surface area contributed by atoms with E-state index in [9.17, 15) is 4.79 Å². The summed E-state index contributed by atoms with van der Waals surface area (Å²) in [5.41, 5.74) is 4.08. The fourth-order valence-corrected chi connectivity index (χ4v) is 2.24. The predicted molar refractivity (Wildman–Crippen MR) is 100 cm³/mol. The number of ether oxygens (including phenoxy) is 1. The van der Waals surface area contributed by atoms with E-state index in [1.165, 1.54) is 11.6 Å². The minimum absolute atomic E-state index is 0.151. The number of carbonyl (C=O) groups is 1. The lowest BCUT2D eigenvalue weighted by Crippen LogP contribution is -2.08. The second-order valence-electron chi connectivity index (χ2n) is 5.86. The van der Waals surface area contributed by atoms with Gasteiger partial charge in [-0.2, -0.15) is 0 Å². The van der Waals surface area contributed by atoms with Gasteiger partial charge in [0.2, 0.25) is 5.91 Å². The lowest BCUT2D eigenvalue weighted by Gasteiger charge is -2.08. The van der Waals surface area contributed by atoms with Gasteiger partial charge in [0.05, 0.1) is 6.61 Å². The van der Waals surface area contributed by atoms with Gasteiger partial charge in [-0.1, -0.05) is 37.6 Å². The van der Waals surface area contributed by atoms with E-state index in [0.717, 1.165) is 35.4 Å². The van der Waals surface area contributed by atoms with Crippen LogP contribution >= 0.6 is 0 Å². The largest absolute Gasteiger partial charge is 0.493 e. The van der Waals surface area contributed by atoms with Gasteiger partial charge in [0.1, 0.15) is 5.75 Å². The van der Waals surface area contributed by atoms with E-state index >= 15 is 0 Å². The second-order valence-corrected chi connectivity index (χ2v) is 5.86. The molecule has 0 unspecified atom stereocenters. The third-order valence-corrected chi connectivity index (χ3v) is 3.86. The number of nitrogens with one attached hydrogen (secondary N) is 1. The molecule has 0 bridgehead atoms.